The number of nitrogen functional groups attached to an aromatic ring is 1. The first kappa shape index (κ1) is 22.8. The Balaban J connectivity index is 0.00000259. The first-order valence-electron chi connectivity index (χ1n) is 10.8. The molecule has 5 rings (SSSR count). The lowest BCUT2D eigenvalue weighted by Gasteiger charge is -2.27. The van der Waals surface area contributed by atoms with Gasteiger partial charge in [0.05, 0.1) is 11.9 Å². The summed E-state index contributed by atoms with van der Waals surface area (Å²) in [6.07, 6.45) is 6.22. The number of nitrogens with zero attached hydrogens (tertiary/aromatic N) is 7. The first-order chi connectivity index (χ1) is 15.5. The smallest absolute Gasteiger partial charge is 0.224 e. The zero-order chi connectivity index (χ0) is 22.2. The number of halogens is 1. The van der Waals surface area contributed by atoms with Crippen LogP contribution >= 0.6 is 12.4 Å². The molecule has 172 valence electrons. The van der Waals surface area contributed by atoms with Gasteiger partial charge in [-0.3, -0.25) is 4.90 Å². The zero-order valence-electron chi connectivity index (χ0n) is 19.1. The van der Waals surface area contributed by atoms with Crippen molar-refractivity contribution in [3.8, 4) is 5.82 Å². The molecule has 0 fully saturated rings. The first-order valence-corrected chi connectivity index (χ1v) is 10.8. The van der Waals surface area contributed by atoms with Gasteiger partial charge in [-0.05, 0) is 24.4 Å². The molecule has 0 saturated heterocycles. The van der Waals surface area contributed by atoms with Gasteiger partial charge in [0, 0.05) is 63.1 Å². The summed E-state index contributed by atoms with van der Waals surface area (Å²) in [5, 5.41) is 5.86. The number of para-hydroxylation sites is 1. The highest BCUT2D eigenvalue weighted by Gasteiger charge is 2.17. The highest BCUT2D eigenvalue weighted by Crippen LogP contribution is 2.24. The van der Waals surface area contributed by atoms with E-state index in [0.29, 0.717) is 5.82 Å². The molecule has 1 aliphatic heterocycles. The van der Waals surface area contributed by atoms with Crippen molar-refractivity contribution in [2.45, 2.75) is 20.0 Å². The van der Waals surface area contributed by atoms with E-state index < -0.39 is 0 Å². The number of fused-ring (bicyclic) bond motifs is 3. The summed E-state index contributed by atoms with van der Waals surface area (Å²) < 4.78 is 4.25. The molecule has 1 aliphatic rings. The Hall–Kier alpha value is -3.36. The molecule has 2 N–H and O–H groups in total. The molecule has 0 aliphatic carbocycles. The van der Waals surface area contributed by atoms with E-state index in [0.717, 1.165) is 43.3 Å². The lowest BCUT2D eigenvalue weighted by molar-refractivity contribution is 0.247. The summed E-state index contributed by atoms with van der Waals surface area (Å²) in [5.41, 5.74) is 10.7. The summed E-state index contributed by atoms with van der Waals surface area (Å²) >= 11 is 0. The predicted octanol–water partition coefficient (Wildman–Crippen LogP) is 3.52. The molecule has 0 bridgehead atoms. The van der Waals surface area contributed by atoms with Crippen LogP contribution in [0.4, 0.5) is 11.8 Å². The van der Waals surface area contributed by atoms with E-state index in [1.165, 1.54) is 16.6 Å². The van der Waals surface area contributed by atoms with Gasteiger partial charge in [0.1, 0.15) is 5.82 Å². The van der Waals surface area contributed by atoms with Crippen LogP contribution in [0.3, 0.4) is 0 Å². The molecule has 9 heteroatoms. The molecule has 0 radical (unpaired) electrons. The monoisotopic (exact) mass is 464 g/mol. The highest BCUT2D eigenvalue weighted by molar-refractivity contribution is 5.85. The quantitative estimate of drug-likeness (QED) is 0.486. The van der Waals surface area contributed by atoms with Crippen LogP contribution in [0.25, 0.3) is 22.8 Å². The van der Waals surface area contributed by atoms with E-state index in [4.69, 9.17) is 5.73 Å². The fourth-order valence-corrected chi connectivity index (χ4v) is 4.29. The second-order valence-electron chi connectivity index (χ2n) is 8.42. The number of anilines is 2. The third-order valence-electron chi connectivity index (χ3n) is 6.02. The fraction of sp³-hybridized carbons (Fsp3) is 0.292. The van der Waals surface area contributed by atoms with Crippen LogP contribution in [0.1, 0.15) is 17.0 Å². The van der Waals surface area contributed by atoms with Crippen LogP contribution in [-0.4, -0.2) is 56.4 Å². The molecule has 0 spiro atoms. The lowest BCUT2D eigenvalue weighted by atomic mass is 10.2. The molecule has 0 unspecified atom stereocenters. The number of nitrogens with two attached hydrogens (primary N) is 1. The van der Waals surface area contributed by atoms with E-state index in [1.807, 2.05) is 42.9 Å². The Morgan fingerprint density at radius 3 is 2.76 bits per heavy atom. The Kier molecular flexibility index (Phi) is 6.40. The summed E-state index contributed by atoms with van der Waals surface area (Å²) in [7, 11) is 3.85. The lowest BCUT2D eigenvalue weighted by Crippen LogP contribution is -2.33. The van der Waals surface area contributed by atoms with E-state index in [9.17, 15) is 0 Å². The Labute approximate surface area is 199 Å². The average Bonchev–Trinajstić information content (AvgIpc) is 3.33. The van der Waals surface area contributed by atoms with Gasteiger partial charge in [0.2, 0.25) is 5.95 Å². The highest BCUT2D eigenvalue weighted by atomic mass is 35.5. The number of aromatic nitrogens is 5. The van der Waals surface area contributed by atoms with Crippen molar-refractivity contribution in [1.82, 2.24) is 29.2 Å². The van der Waals surface area contributed by atoms with Crippen LogP contribution in [-0.2, 0) is 13.1 Å². The number of rotatable bonds is 5. The SMILES string of the molecule is Cc1c(/C=C/CN2CCn3c(cc4ccccc43)C2)cnn1-c1cc(N(C)C)nc(N)n1.Cl. The van der Waals surface area contributed by atoms with Crippen LogP contribution in [0.5, 0.6) is 0 Å². The average molecular weight is 465 g/mol. The summed E-state index contributed by atoms with van der Waals surface area (Å²) in [4.78, 5) is 13.0. The van der Waals surface area contributed by atoms with E-state index in [2.05, 4.69) is 67.0 Å². The maximum absolute atomic E-state index is 5.90. The van der Waals surface area contributed by atoms with Crippen molar-refractivity contribution in [3.63, 3.8) is 0 Å². The standard InChI is InChI=1S/C24H28N8.ClH/c1-17-19(15-26-32(17)23-14-22(29(2)3)27-24(25)28-23)8-6-10-30-11-12-31-20(16-30)13-18-7-4-5-9-21(18)31;/h4-9,13-15H,10-12,16H2,1-3H3,(H2,25,27,28);1H/b8-6+;. The number of hydrogen-bond acceptors (Lipinski definition) is 6. The van der Waals surface area contributed by atoms with E-state index in [1.54, 1.807) is 0 Å². The normalized spacial score (nSPS) is 13.9. The third-order valence-corrected chi connectivity index (χ3v) is 6.02. The molecule has 33 heavy (non-hydrogen) atoms. The topological polar surface area (TPSA) is 81.0 Å². The van der Waals surface area contributed by atoms with Gasteiger partial charge in [0.15, 0.2) is 5.82 Å². The Bertz CT molecular complexity index is 1300. The van der Waals surface area contributed by atoms with Crippen molar-refractivity contribution in [2.75, 3.05) is 37.8 Å². The zero-order valence-corrected chi connectivity index (χ0v) is 20.0. The fourth-order valence-electron chi connectivity index (χ4n) is 4.29. The van der Waals surface area contributed by atoms with Crippen LogP contribution in [0.2, 0.25) is 0 Å². The molecule has 8 nitrogen and oxygen atoms in total. The molecule has 0 atom stereocenters. The minimum atomic E-state index is 0. The van der Waals surface area contributed by atoms with E-state index in [-0.39, 0.29) is 18.4 Å². The maximum atomic E-state index is 5.90. The number of hydrogen-bond donors (Lipinski definition) is 1. The van der Waals surface area contributed by atoms with Crippen molar-refractivity contribution in [3.05, 3.63) is 65.6 Å². The van der Waals surface area contributed by atoms with E-state index >= 15 is 0 Å². The van der Waals surface area contributed by atoms with Gasteiger partial charge < -0.3 is 15.2 Å². The second kappa shape index (κ2) is 9.25. The largest absolute Gasteiger partial charge is 0.368 e. The third kappa shape index (κ3) is 4.44. The maximum Gasteiger partial charge on any atom is 0.224 e. The minimum absolute atomic E-state index is 0. The van der Waals surface area contributed by atoms with Gasteiger partial charge in [-0.15, -0.1) is 12.4 Å². The molecular formula is C24H29ClN8. The molecule has 0 amide bonds. The van der Waals surface area contributed by atoms with Crippen molar-refractivity contribution < 1.29 is 0 Å². The molecule has 0 saturated carbocycles. The summed E-state index contributed by atoms with van der Waals surface area (Å²) in [5.74, 6) is 1.66. The summed E-state index contributed by atoms with van der Waals surface area (Å²) in [6, 6.07) is 12.8. The Morgan fingerprint density at radius 2 is 1.94 bits per heavy atom. The predicted molar refractivity (Wildman–Crippen MR) is 136 cm³/mol. The summed E-state index contributed by atoms with van der Waals surface area (Å²) in [6.45, 7) is 5.97. The molecule has 4 heterocycles. The van der Waals surface area contributed by atoms with Crippen LogP contribution < -0.4 is 10.6 Å². The second-order valence-corrected chi connectivity index (χ2v) is 8.42. The van der Waals surface area contributed by atoms with Gasteiger partial charge >= 0.3 is 0 Å². The Morgan fingerprint density at radius 1 is 1.12 bits per heavy atom. The molecule has 1 aromatic carbocycles. The van der Waals surface area contributed by atoms with Crippen molar-refractivity contribution in [2.24, 2.45) is 0 Å². The van der Waals surface area contributed by atoms with Crippen LogP contribution in [0, 0.1) is 6.92 Å². The van der Waals surface area contributed by atoms with Gasteiger partial charge in [-0.1, -0.05) is 30.4 Å². The van der Waals surface area contributed by atoms with Crippen LogP contribution in [0.15, 0.2) is 48.7 Å². The van der Waals surface area contributed by atoms with Gasteiger partial charge in [-0.2, -0.15) is 15.1 Å². The molecular weight excluding hydrogens is 436 g/mol. The van der Waals surface area contributed by atoms with Gasteiger partial charge in [0.25, 0.3) is 0 Å². The molecule has 4 aromatic rings. The minimum Gasteiger partial charge on any atom is -0.368 e. The van der Waals surface area contributed by atoms with Crippen molar-refractivity contribution >= 4 is 41.2 Å². The van der Waals surface area contributed by atoms with Gasteiger partial charge in [-0.25, -0.2) is 4.68 Å². The van der Waals surface area contributed by atoms with Crippen molar-refractivity contribution in [1.29, 1.82) is 0 Å². The molecule has 3 aromatic heterocycles. The number of benzene rings is 1.